The average molecular weight is 301 g/mol. The summed E-state index contributed by atoms with van der Waals surface area (Å²) in [5, 5.41) is 28.7. The average Bonchev–Trinajstić information content (AvgIpc) is 2.54. The summed E-state index contributed by atoms with van der Waals surface area (Å²) >= 11 is 0. The van der Waals surface area contributed by atoms with Crippen LogP contribution in [0.3, 0.4) is 0 Å². The standard InChI is InChI=1S/C18H23NO3/c1-3-19(4-2)15-10-6-13(7-11-15)5-8-14-9-12-16(20)18(22)17(14)21/h6-7,9-12,20-22H,3-5,8H2,1-2H3. The zero-order valence-electron chi connectivity index (χ0n) is 13.1. The topological polar surface area (TPSA) is 63.9 Å². The van der Waals surface area contributed by atoms with E-state index in [2.05, 4.69) is 43.0 Å². The minimum atomic E-state index is -0.450. The summed E-state index contributed by atoms with van der Waals surface area (Å²) in [5.74, 6) is -0.987. The number of phenols is 3. The molecule has 3 N–H and O–H groups in total. The van der Waals surface area contributed by atoms with Crippen LogP contribution in [0.15, 0.2) is 36.4 Å². The van der Waals surface area contributed by atoms with Gasteiger partial charge in [-0.25, -0.2) is 0 Å². The molecule has 0 radical (unpaired) electrons. The molecule has 2 aromatic rings. The van der Waals surface area contributed by atoms with Gasteiger partial charge in [-0.05, 0) is 56.0 Å². The number of anilines is 1. The molecule has 0 saturated carbocycles. The Hall–Kier alpha value is -2.36. The Morgan fingerprint density at radius 3 is 2.00 bits per heavy atom. The first-order valence-corrected chi connectivity index (χ1v) is 7.63. The van der Waals surface area contributed by atoms with Crippen molar-refractivity contribution in [2.75, 3.05) is 18.0 Å². The van der Waals surface area contributed by atoms with Crippen LogP contribution < -0.4 is 4.90 Å². The molecule has 0 saturated heterocycles. The zero-order valence-corrected chi connectivity index (χ0v) is 13.1. The summed E-state index contributed by atoms with van der Waals surface area (Å²) < 4.78 is 0. The Labute approximate surface area is 131 Å². The van der Waals surface area contributed by atoms with Crippen molar-refractivity contribution in [3.8, 4) is 17.2 Å². The highest BCUT2D eigenvalue weighted by Crippen LogP contribution is 2.37. The van der Waals surface area contributed by atoms with Crippen LogP contribution in [0.2, 0.25) is 0 Å². The van der Waals surface area contributed by atoms with Crippen molar-refractivity contribution in [1.29, 1.82) is 0 Å². The van der Waals surface area contributed by atoms with Crippen LogP contribution in [0.1, 0.15) is 25.0 Å². The summed E-state index contributed by atoms with van der Waals surface area (Å²) in [6, 6.07) is 11.4. The van der Waals surface area contributed by atoms with E-state index in [1.54, 1.807) is 6.07 Å². The van der Waals surface area contributed by atoms with Crippen molar-refractivity contribution in [3.63, 3.8) is 0 Å². The Kier molecular flexibility index (Phi) is 5.15. The number of hydrogen-bond acceptors (Lipinski definition) is 4. The van der Waals surface area contributed by atoms with Crippen LogP contribution in [-0.4, -0.2) is 28.4 Å². The van der Waals surface area contributed by atoms with E-state index in [0.717, 1.165) is 19.5 Å². The van der Waals surface area contributed by atoms with Gasteiger partial charge in [0, 0.05) is 18.8 Å². The summed E-state index contributed by atoms with van der Waals surface area (Å²) in [4.78, 5) is 2.29. The molecule has 0 heterocycles. The third-order valence-electron chi connectivity index (χ3n) is 3.96. The summed E-state index contributed by atoms with van der Waals surface area (Å²) in [6.45, 7) is 6.24. The molecule has 0 unspecified atom stereocenters. The highest BCUT2D eigenvalue weighted by molar-refractivity contribution is 5.53. The molecule has 0 aromatic heterocycles. The van der Waals surface area contributed by atoms with Gasteiger partial charge in [0.2, 0.25) is 5.75 Å². The van der Waals surface area contributed by atoms with Crippen LogP contribution in [0.25, 0.3) is 0 Å². The monoisotopic (exact) mass is 301 g/mol. The van der Waals surface area contributed by atoms with Crippen LogP contribution in [0.5, 0.6) is 17.2 Å². The van der Waals surface area contributed by atoms with E-state index < -0.39 is 5.75 Å². The summed E-state index contributed by atoms with van der Waals surface area (Å²) in [6.07, 6.45) is 1.36. The van der Waals surface area contributed by atoms with Crippen LogP contribution in [0, 0.1) is 0 Å². The van der Waals surface area contributed by atoms with E-state index in [9.17, 15) is 15.3 Å². The fourth-order valence-electron chi connectivity index (χ4n) is 2.55. The first kappa shape index (κ1) is 16.0. The third kappa shape index (κ3) is 3.45. The van der Waals surface area contributed by atoms with E-state index in [-0.39, 0.29) is 11.5 Å². The van der Waals surface area contributed by atoms with Gasteiger partial charge in [-0.1, -0.05) is 18.2 Å². The molecule has 2 rings (SSSR count). The lowest BCUT2D eigenvalue weighted by molar-refractivity contribution is 0.365. The normalized spacial score (nSPS) is 10.6. The molecular weight excluding hydrogens is 278 g/mol. The number of phenolic OH excluding ortho intramolecular Hbond substituents is 3. The second-order valence-electron chi connectivity index (χ2n) is 5.28. The Morgan fingerprint density at radius 1 is 0.773 bits per heavy atom. The predicted molar refractivity (Wildman–Crippen MR) is 88.8 cm³/mol. The van der Waals surface area contributed by atoms with Crippen LogP contribution >= 0.6 is 0 Å². The predicted octanol–water partition coefficient (Wildman–Crippen LogP) is 3.43. The minimum Gasteiger partial charge on any atom is -0.504 e. The van der Waals surface area contributed by atoms with Gasteiger partial charge in [-0.15, -0.1) is 0 Å². The maximum Gasteiger partial charge on any atom is 0.200 e. The summed E-state index contributed by atoms with van der Waals surface area (Å²) in [7, 11) is 0. The zero-order chi connectivity index (χ0) is 16.1. The molecule has 0 aliphatic heterocycles. The lowest BCUT2D eigenvalue weighted by Crippen LogP contribution is -2.21. The van der Waals surface area contributed by atoms with Gasteiger partial charge in [0.05, 0.1) is 0 Å². The van der Waals surface area contributed by atoms with E-state index in [4.69, 9.17) is 0 Å². The SMILES string of the molecule is CCN(CC)c1ccc(CCc2ccc(O)c(O)c2O)cc1. The van der Waals surface area contributed by atoms with E-state index >= 15 is 0 Å². The largest absolute Gasteiger partial charge is 0.504 e. The fourth-order valence-corrected chi connectivity index (χ4v) is 2.55. The minimum absolute atomic E-state index is 0.236. The Morgan fingerprint density at radius 2 is 1.41 bits per heavy atom. The first-order chi connectivity index (χ1) is 10.6. The van der Waals surface area contributed by atoms with Gasteiger partial charge < -0.3 is 20.2 Å². The molecule has 0 fully saturated rings. The van der Waals surface area contributed by atoms with E-state index in [1.165, 1.54) is 17.3 Å². The van der Waals surface area contributed by atoms with Crippen molar-refractivity contribution in [2.45, 2.75) is 26.7 Å². The molecule has 4 heteroatoms. The molecule has 4 nitrogen and oxygen atoms in total. The molecular formula is C18H23NO3. The van der Waals surface area contributed by atoms with Crippen LogP contribution in [-0.2, 0) is 12.8 Å². The maximum atomic E-state index is 9.82. The van der Waals surface area contributed by atoms with E-state index in [1.807, 2.05) is 0 Å². The number of aryl methyl sites for hydroxylation is 2. The summed E-state index contributed by atoms with van der Waals surface area (Å²) in [5.41, 5.74) is 3.00. The van der Waals surface area contributed by atoms with Gasteiger partial charge in [0.15, 0.2) is 11.5 Å². The number of benzene rings is 2. The molecule has 0 amide bonds. The highest BCUT2D eigenvalue weighted by Gasteiger charge is 2.11. The number of hydrogen-bond donors (Lipinski definition) is 3. The van der Waals surface area contributed by atoms with Crippen molar-refractivity contribution >= 4 is 5.69 Å². The smallest absolute Gasteiger partial charge is 0.200 e. The molecule has 22 heavy (non-hydrogen) atoms. The van der Waals surface area contributed by atoms with Gasteiger partial charge >= 0.3 is 0 Å². The van der Waals surface area contributed by atoms with Crippen molar-refractivity contribution < 1.29 is 15.3 Å². The lowest BCUT2D eigenvalue weighted by Gasteiger charge is -2.21. The van der Waals surface area contributed by atoms with Crippen molar-refractivity contribution in [2.24, 2.45) is 0 Å². The van der Waals surface area contributed by atoms with Crippen molar-refractivity contribution in [1.82, 2.24) is 0 Å². The Bertz CT molecular complexity index is 619. The first-order valence-electron chi connectivity index (χ1n) is 7.63. The van der Waals surface area contributed by atoms with Gasteiger partial charge in [0.25, 0.3) is 0 Å². The van der Waals surface area contributed by atoms with Crippen LogP contribution in [0.4, 0.5) is 5.69 Å². The van der Waals surface area contributed by atoms with Crippen molar-refractivity contribution in [3.05, 3.63) is 47.5 Å². The second-order valence-corrected chi connectivity index (χ2v) is 5.28. The maximum absolute atomic E-state index is 9.82. The molecule has 118 valence electrons. The third-order valence-corrected chi connectivity index (χ3v) is 3.96. The molecule has 0 aliphatic rings. The molecule has 0 spiro atoms. The lowest BCUT2D eigenvalue weighted by atomic mass is 10.0. The molecule has 2 aromatic carbocycles. The van der Waals surface area contributed by atoms with E-state index in [0.29, 0.717) is 12.0 Å². The van der Waals surface area contributed by atoms with Gasteiger partial charge in [-0.2, -0.15) is 0 Å². The second kappa shape index (κ2) is 7.07. The number of nitrogens with zero attached hydrogens (tertiary/aromatic N) is 1. The number of rotatable bonds is 6. The molecule has 0 bridgehead atoms. The molecule has 0 aliphatic carbocycles. The fraction of sp³-hybridized carbons (Fsp3) is 0.333. The quantitative estimate of drug-likeness (QED) is 0.715. The van der Waals surface area contributed by atoms with Gasteiger partial charge in [0.1, 0.15) is 0 Å². The Balaban J connectivity index is 2.05. The van der Waals surface area contributed by atoms with Gasteiger partial charge in [-0.3, -0.25) is 0 Å². The number of aromatic hydroxyl groups is 3. The highest BCUT2D eigenvalue weighted by atomic mass is 16.3. The molecule has 0 atom stereocenters.